The molecule has 2 fully saturated rings. The lowest BCUT2D eigenvalue weighted by atomic mass is 9.98. The molecule has 43 heavy (non-hydrogen) atoms. The van der Waals surface area contributed by atoms with Crippen molar-refractivity contribution < 1.29 is 28.7 Å². The Hall–Kier alpha value is -4.21. The van der Waals surface area contributed by atoms with Crippen molar-refractivity contribution in [1.29, 1.82) is 0 Å². The molecule has 3 N–H and O–H groups in total. The number of hydrogen-bond donors (Lipinski definition) is 3. The van der Waals surface area contributed by atoms with E-state index in [1.807, 2.05) is 60.7 Å². The number of amides is 4. The van der Waals surface area contributed by atoms with E-state index in [0.717, 1.165) is 11.1 Å². The number of carbonyl (C=O) groups is 5. The van der Waals surface area contributed by atoms with Crippen LogP contribution in [0.4, 0.5) is 0 Å². The Morgan fingerprint density at radius 3 is 2.23 bits per heavy atom. The van der Waals surface area contributed by atoms with Gasteiger partial charge in [-0.3, -0.25) is 24.0 Å². The van der Waals surface area contributed by atoms with Gasteiger partial charge in [-0.2, -0.15) is 0 Å². The lowest BCUT2D eigenvalue weighted by Crippen LogP contribution is -2.64. The van der Waals surface area contributed by atoms with Crippen molar-refractivity contribution in [1.82, 2.24) is 20.9 Å². The van der Waals surface area contributed by atoms with Crippen molar-refractivity contribution in [3.8, 4) is 0 Å². The van der Waals surface area contributed by atoms with Gasteiger partial charge in [-0.25, -0.2) is 0 Å². The van der Waals surface area contributed by atoms with E-state index >= 15 is 0 Å². The number of hydrogen-bond acceptors (Lipinski definition) is 6. The van der Waals surface area contributed by atoms with Gasteiger partial charge in [0.15, 0.2) is 0 Å². The summed E-state index contributed by atoms with van der Waals surface area (Å²) in [6.07, 6.45) is 3.79. The van der Waals surface area contributed by atoms with Gasteiger partial charge in [0.2, 0.25) is 23.6 Å². The Balaban J connectivity index is 1.38. The number of fused-ring (bicyclic) bond motifs is 1. The predicted molar refractivity (Wildman–Crippen MR) is 160 cm³/mol. The molecule has 0 spiro atoms. The molecule has 0 radical (unpaired) electrons. The molecule has 3 atom stereocenters. The van der Waals surface area contributed by atoms with Crippen LogP contribution in [0, 0.1) is 0 Å². The second kappa shape index (κ2) is 14.8. The number of carbonyl (C=O) groups excluding carboxylic acids is 5. The van der Waals surface area contributed by atoms with E-state index in [1.54, 1.807) is 13.8 Å². The number of nitrogens with one attached hydrogen (secondary N) is 3. The first-order valence-electron chi connectivity index (χ1n) is 15.1. The molecule has 10 heteroatoms. The first-order chi connectivity index (χ1) is 20.6. The third kappa shape index (κ3) is 8.89. The zero-order valence-corrected chi connectivity index (χ0v) is 25.0. The van der Waals surface area contributed by atoms with E-state index in [9.17, 15) is 24.0 Å². The minimum atomic E-state index is -1.33. The standard InChI is InChI=1S/C33H42N4O6/c1-33(2)32(42)35-26(21-23-13-6-3-7-14-23)31(41)37-20-12-18-27(37)30(40)34-25(29(39)36-33)17-10-5-11-19-28(38)43-22-24-15-8-4-9-16-24/h3-4,6-9,13-16,25-27H,5,10-12,17-22H2,1-2H3,(H,34,40)(H,35,42)(H,36,39)/t25-,26-,27-/m0/s1. The van der Waals surface area contributed by atoms with E-state index in [-0.39, 0.29) is 37.2 Å². The lowest BCUT2D eigenvalue weighted by molar-refractivity contribution is -0.145. The van der Waals surface area contributed by atoms with Crippen molar-refractivity contribution in [3.05, 3.63) is 71.8 Å². The molecule has 2 aliphatic rings. The van der Waals surface area contributed by atoms with Gasteiger partial charge in [0.1, 0.15) is 30.3 Å². The first kappa shape index (κ1) is 31.7. The van der Waals surface area contributed by atoms with Crippen molar-refractivity contribution in [2.45, 2.75) is 95.5 Å². The van der Waals surface area contributed by atoms with E-state index in [1.165, 1.54) is 4.90 Å². The van der Waals surface area contributed by atoms with Crippen LogP contribution in [0.15, 0.2) is 60.7 Å². The zero-order chi connectivity index (χ0) is 30.8. The summed E-state index contributed by atoms with van der Waals surface area (Å²) in [5, 5.41) is 8.50. The maximum atomic E-state index is 13.7. The average Bonchev–Trinajstić information content (AvgIpc) is 3.49. The molecule has 2 aromatic rings. The summed E-state index contributed by atoms with van der Waals surface area (Å²) < 4.78 is 5.33. The summed E-state index contributed by atoms with van der Waals surface area (Å²) in [7, 11) is 0. The highest BCUT2D eigenvalue weighted by Crippen LogP contribution is 2.21. The summed E-state index contributed by atoms with van der Waals surface area (Å²) in [4.78, 5) is 67.6. The second-order valence-corrected chi connectivity index (χ2v) is 11.8. The molecule has 0 unspecified atom stereocenters. The third-order valence-corrected chi connectivity index (χ3v) is 7.98. The van der Waals surface area contributed by atoms with Crippen molar-refractivity contribution in [2.24, 2.45) is 0 Å². The molecule has 0 aliphatic carbocycles. The van der Waals surface area contributed by atoms with Gasteiger partial charge in [-0.1, -0.05) is 73.5 Å². The summed E-state index contributed by atoms with van der Waals surface area (Å²) in [6, 6.07) is 16.4. The fourth-order valence-electron chi connectivity index (χ4n) is 5.49. The van der Waals surface area contributed by atoms with Crippen LogP contribution in [-0.2, 0) is 41.7 Å². The summed E-state index contributed by atoms with van der Waals surface area (Å²) in [6.45, 7) is 3.78. The highest BCUT2D eigenvalue weighted by molar-refractivity contribution is 5.99. The molecule has 0 aromatic heterocycles. The summed E-state index contributed by atoms with van der Waals surface area (Å²) in [5.74, 6) is -1.92. The number of nitrogens with zero attached hydrogens (tertiary/aromatic N) is 1. The Morgan fingerprint density at radius 2 is 1.53 bits per heavy atom. The van der Waals surface area contributed by atoms with Crippen molar-refractivity contribution in [2.75, 3.05) is 6.54 Å². The van der Waals surface area contributed by atoms with Gasteiger partial charge < -0.3 is 25.6 Å². The van der Waals surface area contributed by atoms with Gasteiger partial charge in [0.05, 0.1) is 0 Å². The number of benzene rings is 2. The topological polar surface area (TPSA) is 134 Å². The molecule has 4 amide bonds. The van der Waals surface area contributed by atoms with Crippen molar-refractivity contribution >= 4 is 29.6 Å². The average molecular weight is 591 g/mol. The van der Waals surface area contributed by atoms with Crippen LogP contribution in [0.3, 0.4) is 0 Å². The minimum Gasteiger partial charge on any atom is -0.461 e. The fraction of sp³-hybridized carbons (Fsp3) is 0.485. The molecule has 0 bridgehead atoms. The molecule has 10 nitrogen and oxygen atoms in total. The molecule has 0 saturated carbocycles. The van der Waals surface area contributed by atoms with Crippen LogP contribution in [-0.4, -0.2) is 64.7 Å². The third-order valence-electron chi connectivity index (χ3n) is 7.98. The van der Waals surface area contributed by atoms with E-state index in [0.29, 0.717) is 45.1 Å². The van der Waals surface area contributed by atoms with Gasteiger partial charge in [-0.15, -0.1) is 0 Å². The Labute approximate surface area is 252 Å². The molecule has 2 aromatic carbocycles. The fourth-order valence-corrected chi connectivity index (χ4v) is 5.49. The Kier molecular flexibility index (Phi) is 10.9. The van der Waals surface area contributed by atoms with Gasteiger partial charge >= 0.3 is 5.97 Å². The number of unbranched alkanes of at least 4 members (excludes halogenated alkanes) is 2. The van der Waals surface area contributed by atoms with Crippen LogP contribution >= 0.6 is 0 Å². The van der Waals surface area contributed by atoms with Crippen LogP contribution in [0.1, 0.15) is 69.9 Å². The second-order valence-electron chi connectivity index (χ2n) is 11.8. The highest BCUT2D eigenvalue weighted by atomic mass is 16.5. The predicted octanol–water partition coefficient (Wildman–Crippen LogP) is 2.79. The lowest BCUT2D eigenvalue weighted by Gasteiger charge is -2.34. The highest BCUT2D eigenvalue weighted by Gasteiger charge is 2.42. The zero-order valence-electron chi connectivity index (χ0n) is 25.0. The van der Waals surface area contributed by atoms with E-state index in [4.69, 9.17) is 4.74 Å². The largest absolute Gasteiger partial charge is 0.461 e. The van der Waals surface area contributed by atoms with Gasteiger partial charge in [-0.05, 0) is 50.7 Å². The summed E-state index contributed by atoms with van der Waals surface area (Å²) in [5.41, 5.74) is 0.465. The van der Waals surface area contributed by atoms with Crippen LogP contribution < -0.4 is 16.0 Å². The van der Waals surface area contributed by atoms with Gasteiger partial charge in [0, 0.05) is 19.4 Å². The molecular weight excluding hydrogens is 548 g/mol. The molecule has 4 rings (SSSR count). The van der Waals surface area contributed by atoms with Crippen LogP contribution in [0.25, 0.3) is 0 Å². The SMILES string of the molecule is CC1(C)NC(=O)[C@H](CCCCCC(=O)OCc2ccccc2)NC(=O)[C@@H]2CCCN2C(=O)[C@H](Cc2ccccc2)NC1=O. The van der Waals surface area contributed by atoms with Crippen LogP contribution in [0.5, 0.6) is 0 Å². The molecule has 2 heterocycles. The maximum absolute atomic E-state index is 13.7. The maximum Gasteiger partial charge on any atom is 0.306 e. The number of ether oxygens (including phenoxy) is 1. The van der Waals surface area contributed by atoms with Gasteiger partial charge in [0.25, 0.3) is 0 Å². The van der Waals surface area contributed by atoms with E-state index in [2.05, 4.69) is 16.0 Å². The van der Waals surface area contributed by atoms with Crippen molar-refractivity contribution in [3.63, 3.8) is 0 Å². The van der Waals surface area contributed by atoms with Crippen LogP contribution in [0.2, 0.25) is 0 Å². The summed E-state index contributed by atoms with van der Waals surface area (Å²) >= 11 is 0. The first-order valence-corrected chi connectivity index (χ1v) is 15.1. The molecular formula is C33H42N4O6. The number of esters is 1. The monoisotopic (exact) mass is 590 g/mol. The smallest absolute Gasteiger partial charge is 0.306 e. The molecule has 230 valence electrons. The Bertz CT molecular complexity index is 1280. The minimum absolute atomic E-state index is 0.227. The Morgan fingerprint density at radius 1 is 0.860 bits per heavy atom. The number of rotatable bonds is 10. The molecule has 2 saturated heterocycles. The van der Waals surface area contributed by atoms with E-state index < -0.39 is 35.5 Å². The quantitative estimate of drug-likeness (QED) is 0.288. The molecule has 2 aliphatic heterocycles. The normalized spacial score (nSPS) is 22.4.